The van der Waals surface area contributed by atoms with Crippen LogP contribution in [-0.4, -0.2) is 32.5 Å². The quantitative estimate of drug-likeness (QED) is 0.791. The Morgan fingerprint density at radius 3 is 2.94 bits per heavy atom. The van der Waals surface area contributed by atoms with Gasteiger partial charge in [-0.3, -0.25) is 0 Å². The highest BCUT2D eigenvalue weighted by atomic mass is 32.2. The molecule has 1 heterocycles. The Morgan fingerprint density at radius 2 is 2.25 bits per heavy atom. The van der Waals surface area contributed by atoms with Gasteiger partial charge in [0.25, 0.3) is 0 Å². The molecule has 0 radical (unpaired) electrons. The monoisotopic (exact) mass is 241 g/mol. The van der Waals surface area contributed by atoms with Gasteiger partial charge >= 0.3 is 0 Å². The molecule has 1 aliphatic rings. The third kappa shape index (κ3) is 2.74. The SMILES string of the molecule is CC(CN)CSc1nnnn1C1CCCC1. The summed E-state index contributed by atoms with van der Waals surface area (Å²) >= 11 is 1.72. The van der Waals surface area contributed by atoms with E-state index in [0.29, 0.717) is 12.0 Å². The number of aromatic nitrogens is 4. The molecule has 1 aromatic heterocycles. The zero-order valence-corrected chi connectivity index (χ0v) is 10.5. The van der Waals surface area contributed by atoms with Crippen LogP contribution in [0.2, 0.25) is 0 Å². The lowest BCUT2D eigenvalue weighted by Gasteiger charge is -2.12. The average Bonchev–Trinajstić information content (AvgIpc) is 2.95. The van der Waals surface area contributed by atoms with Crippen molar-refractivity contribution in [2.45, 2.75) is 43.8 Å². The van der Waals surface area contributed by atoms with E-state index in [-0.39, 0.29) is 0 Å². The first-order valence-corrected chi connectivity index (χ1v) is 6.90. The molecule has 0 saturated heterocycles. The maximum absolute atomic E-state index is 5.60. The van der Waals surface area contributed by atoms with E-state index in [4.69, 9.17) is 5.73 Å². The van der Waals surface area contributed by atoms with E-state index in [1.807, 2.05) is 4.68 Å². The number of hydrogen-bond donors (Lipinski definition) is 1. The molecular weight excluding hydrogens is 222 g/mol. The molecule has 0 aliphatic heterocycles. The second-order valence-electron chi connectivity index (χ2n) is 4.50. The smallest absolute Gasteiger partial charge is 0.209 e. The van der Waals surface area contributed by atoms with E-state index >= 15 is 0 Å². The summed E-state index contributed by atoms with van der Waals surface area (Å²) in [6.45, 7) is 2.87. The molecular formula is C10H19N5S. The number of nitrogens with zero attached hydrogens (tertiary/aromatic N) is 4. The predicted octanol–water partition coefficient (Wildman–Crippen LogP) is 1.48. The highest BCUT2D eigenvalue weighted by Gasteiger charge is 2.21. The van der Waals surface area contributed by atoms with Gasteiger partial charge in [0.05, 0.1) is 6.04 Å². The molecule has 1 atom stereocenters. The lowest BCUT2D eigenvalue weighted by molar-refractivity contribution is 0.423. The Labute approximate surface area is 100 Å². The fourth-order valence-corrected chi connectivity index (χ4v) is 2.93. The first-order chi connectivity index (χ1) is 7.81. The molecule has 6 heteroatoms. The Morgan fingerprint density at radius 1 is 1.50 bits per heavy atom. The van der Waals surface area contributed by atoms with Crippen LogP contribution in [0, 0.1) is 5.92 Å². The summed E-state index contributed by atoms with van der Waals surface area (Å²) in [5.74, 6) is 1.50. The Balaban J connectivity index is 1.95. The van der Waals surface area contributed by atoms with E-state index in [0.717, 1.165) is 17.5 Å². The van der Waals surface area contributed by atoms with Crippen molar-refractivity contribution in [2.75, 3.05) is 12.3 Å². The van der Waals surface area contributed by atoms with Crippen LogP contribution >= 0.6 is 11.8 Å². The van der Waals surface area contributed by atoms with Gasteiger partial charge in [0.2, 0.25) is 5.16 Å². The van der Waals surface area contributed by atoms with Crippen molar-refractivity contribution in [1.82, 2.24) is 20.2 Å². The normalized spacial score (nSPS) is 19.1. The predicted molar refractivity (Wildman–Crippen MR) is 64.3 cm³/mol. The second kappa shape index (κ2) is 5.63. The van der Waals surface area contributed by atoms with E-state index in [1.165, 1.54) is 25.7 Å². The van der Waals surface area contributed by atoms with Crippen molar-refractivity contribution >= 4 is 11.8 Å². The number of rotatable bonds is 5. The van der Waals surface area contributed by atoms with Gasteiger partial charge in [-0.2, -0.15) is 0 Å². The summed E-state index contributed by atoms with van der Waals surface area (Å²) in [6, 6.07) is 0.519. The summed E-state index contributed by atoms with van der Waals surface area (Å²) in [5, 5.41) is 12.9. The maximum Gasteiger partial charge on any atom is 0.209 e. The van der Waals surface area contributed by atoms with Crippen molar-refractivity contribution in [3.63, 3.8) is 0 Å². The molecule has 2 rings (SSSR count). The fourth-order valence-electron chi connectivity index (χ4n) is 1.94. The Bertz CT molecular complexity index is 321. The number of thioether (sulfide) groups is 1. The van der Waals surface area contributed by atoms with Crippen LogP contribution in [0.5, 0.6) is 0 Å². The van der Waals surface area contributed by atoms with Gasteiger partial charge in [-0.25, -0.2) is 4.68 Å². The lowest BCUT2D eigenvalue weighted by atomic mass is 10.2. The first-order valence-electron chi connectivity index (χ1n) is 5.92. The van der Waals surface area contributed by atoms with Crippen LogP contribution in [0.3, 0.4) is 0 Å². The summed E-state index contributed by atoms with van der Waals surface area (Å²) in [7, 11) is 0. The van der Waals surface area contributed by atoms with E-state index in [9.17, 15) is 0 Å². The molecule has 16 heavy (non-hydrogen) atoms. The van der Waals surface area contributed by atoms with Crippen molar-refractivity contribution in [1.29, 1.82) is 0 Å². The standard InChI is InChI=1S/C10H19N5S/c1-8(6-11)7-16-10-12-13-14-15(10)9-4-2-3-5-9/h8-9H,2-7,11H2,1H3. The van der Waals surface area contributed by atoms with Crippen LogP contribution in [-0.2, 0) is 0 Å². The van der Waals surface area contributed by atoms with Gasteiger partial charge in [0.1, 0.15) is 0 Å². The van der Waals surface area contributed by atoms with Crippen molar-refractivity contribution < 1.29 is 0 Å². The van der Waals surface area contributed by atoms with Gasteiger partial charge in [-0.05, 0) is 35.7 Å². The van der Waals surface area contributed by atoms with Gasteiger partial charge in [-0.15, -0.1) is 5.10 Å². The molecule has 1 aromatic rings. The number of hydrogen-bond acceptors (Lipinski definition) is 5. The minimum atomic E-state index is 0.513. The van der Waals surface area contributed by atoms with Crippen LogP contribution in [0.25, 0.3) is 0 Å². The molecule has 1 saturated carbocycles. The summed E-state index contributed by atoms with van der Waals surface area (Å²) in [6.07, 6.45) is 5.03. The van der Waals surface area contributed by atoms with Crippen molar-refractivity contribution in [3.05, 3.63) is 0 Å². The largest absolute Gasteiger partial charge is 0.330 e. The Hall–Kier alpha value is -0.620. The van der Waals surface area contributed by atoms with Crippen LogP contribution < -0.4 is 5.73 Å². The summed E-state index contributed by atoms with van der Waals surface area (Å²) < 4.78 is 2.00. The zero-order chi connectivity index (χ0) is 11.4. The molecule has 0 bridgehead atoms. The van der Waals surface area contributed by atoms with Gasteiger partial charge < -0.3 is 5.73 Å². The zero-order valence-electron chi connectivity index (χ0n) is 9.67. The molecule has 1 aliphatic carbocycles. The highest BCUT2D eigenvalue weighted by Crippen LogP contribution is 2.31. The van der Waals surface area contributed by atoms with Crippen LogP contribution in [0.1, 0.15) is 38.6 Å². The van der Waals surface area contributed by atoms with Crippen LogP contribution in [0.4, 0.5) is 0 Å². The molecule has 90 valence electrons. The lowest BCUT2D eigenvalue weighted by Crippen LogP contribution is -2.14. The van der Waals surface area contributed by atoms with E-state index in [2.05, 4.69) is 22.4 Å². The summed E-state index contributed by atoms with van der Waals surface area (Å²) in [5.41, 5.74) is 5.60. The molecule has 0 spiro atoms. The van der Waals surface area contributed by atoms with Gasteiger partial charge in [-0.1, -0.05) is 31.5 Å². The fraction of sp³-hybridized carbons (Fsp3) is 0.900. The number of nitrogens with two attached hydrogens (primary N) is 1. The number of tetrazole rings is 1. The van der Waals surface area contributed by atoms with Crippen LogP contribution in [0.15, 0.2) is 5.16 Å². The third-order valence-corrected chi connectivity index (χ3v) is 4.30. The average molecular weight is 241 g/mol. The van der Waals surface area contributed by atoms with Crippen molar-refractivity contribution in [3.8, 4) is 0 Å². The highest BCUT2D eigenvalue weighted by molar-refractivity contribution is 7.99. The molecule has 0 amide bonds. The second-order valence-corrected chi connectivity index (χ2v) is 5.48. The van der Waals surface area contributed by atoms with Gasteiger partial charge in [0.15, 0.2) is 0 Å². The first kappa shape index (κ1) is 11.9. The molecule has 5 nitrogen and oxygen atoms in total. The molecule has 0 aromatic carbocycles. The summed E-state index contributed by atoms with van der Waals surface area (Å²) in [4.78, 5) is 0. The molecule has 1 fully saturated rings. The van der Waals surface area contributed by atoms with E-state index < -0.39 is 0 Å². The molecule has 1 unspecified atom stereocenters. The van der Waals surface area contributed by atoms with Crippen molar-refractivity contribution in [2.24, 2.45) is 11.7 Å². The third-order valence-electron chi connectivity index (χ3n) is 3.03. The van der Waals surface area contributed by atoms with Gasteiger partial charge in [0, 0.05) is 5.75 Å². The minimum absolute atomic E-state index is 0.513. The van der Waals surface area contributed by atoms with E-state index in [1.54, 1.807) is 11.8 Å². The molecule has 2 N–H and O–H groups in total. The maximum atomic E-state index is 5.60. The minimum Gasteiger partial charge on any atom is -0.330 e. The Kier molecular flexibility index (Phi) is 4.17. The topological polar surface area (TPSA) is 69.6 Å².